The summed E-state index contributed by atoms with van der Waals surface area (Å²) in [5.74, 6) is 0.729. The standard InChI is InChI=1S/C21H22N2O3S/c1-22-13-16(15-4-2-3-5-17(15)22)21-23(20(26)9-11-27-21)10-8-14-6-7-18(24)19(25)12-14/h2-7,12-13,21,24-25H,8-11H2,1H3. The summed E-state index contributed by atoms with van der Waals surface area (Å²) in [5.41, 5.74) is 3.22. The topological polar surface area (TPSA) is 65.7 Å². The first-order chi connectivity index (χ1) is 13.0. The summed E-state index contributed by atoms with van der Waals surface area (Å²) in [6.07, 6.45) is 3.30. The third-order valence-corrected chi connectivity index (χ3v) is 6.33. The molecule has 3 aromatic rings. The van der Waals surface area contributed by atoms with Crippen LogP contribution >= 0.6 is 11.8 Å². The molecule has 4 rings (SSSR count). The Kier molecular flexibility index (Phi) is 4.74. The molecule has 1 saturated heterocycles. The van der Waals surface area contributed by atoms with Crippen LogP contribution in [0.5, 0.6) is 11.5 Å². The maximum Gasteiger partial charge on any atom is 0.224 e. The molecule has 27 heavy (non-hydrogen) atoms. The van der Waals surface area contributed by atoms with Crippen LogP contribution in [0.4, 0.5) is 0 Å². The fourth-order valence-corrected chi connectivity index (χ4v) is 4.95. The van der Waals surface area contributed by atoms with Crippen molar-refractivity contribution in [3.05, 3.63) is 59.8 Å². The van der Waals surface area contributed by atoms with Gasteiger partial charge in [-0.2, -0.15) is 0 Å². The first-order valence-corrected chi connectivity index (χ1v) is 10.1. The number of phenols is 2. The second-order valence-electron chi connectivity index (χ2n) is 6.85. The van der Waals surface area contributed by atoms with Gasteiger partial charge in [-0.25, -0.2) is 0 Å². The number of amides is 1. The van der Waals surface area contributed by atoms with Crippen LogP contribution in [0.25, 0.3) is 10.9 Å². The van der Waals surface area contributed by atoms with Crippen LogP contribution in [0.1, 0.15) is 22.9 Å². The number of aromatic hydroxyl groups is 2. The quantitative estimate of drug-likeness (QED) is 0.674. The van der Waals surface area contributed by atoms with Crippen molar-refractivity contribution in [2.45, 2.75) is 18.2 Å². The molecule has 140 valence electrons. The number of carbonyl (C=O) groups is 1. The van der Waals surface area contributed by atoms with E-state index in [1.54, 1.807) is 23.9 Å². The minimum Gasteiger partial charge on any atom is -0.504 e. The molecular formula is C21H22N2O3S. The average molecular weight is 382 g/mol. The summed E-state index contributed by atoms with van der Waals surface area (Å²) < 4.78 is 2.11. The molecule has 2 aromatic carbocycles. The van der Waals surface area contributed by atoms with Crippen molar-refractivity contribution in [1.29, 1.82) is 0 Å². The second kappa shape index (κ2) is 7.19. The van der Waals surface area contributed by atoms with Crippen molar-refractivity contribution in [2.75, 3.05) is 12.3 Å². The summed E-state index contributed by atoms with van der Waals surface area (Å²) in [7, 11) is 2.03. The van der Waals surface area contributed by atoms with E-state index in [0.717, 1.165) is 16.8 Å². The number of nitrogens with zero attached hydrogens (tertiary/aromatic N) is 2. The smallest absolute Gasteiger partial charge is 0.224 e. The number of benzene rings is 2. The van der Waals surface area contributed by atoms with Gasteiger partial charge in [-0.15, -0.1) is 11.8 Å². The van der Waals surface area contributed by atoms with E-state index in [-0.39, 0.29) is 22.8 Å². The van der Waals surface area contributed by atoms with E-state index in [2.05, 4.69) is 22.9 Å². The third-order valence-electron chi connectivity index (χ3n) is 5.07. The van der Waals surface area contributed by atoms with Crippen molar-refractivity contribution in [1.82, 2.24) is 9.47 Å². The van der Waals surface area contributed by atoms with Gasteiger partial charge in [0.25, 0.3) is 0 Å². The maximum atomic E-state index is 12.7. The molecule has 0 saturated carbocycles. The largest absolute Gasteiger partial charge is 0.504 e. The molecule has 1 aromatic heterocycles. The summed E-state index contributed by atoms with van der Waals surface area (Å²) in [5, 5.41) is 20.3. The Labute approximate surface area is 162 Å². The van der Waals surface area contributed by atoms with Crippen LogP contribution < -0.4 is 0 Å². The van der Waals surface area contributed by atoms with Crippen LogP contribution in [0.3, 0.4) is 0 Å². The summed E-state index contributed by atoms with van der Waals surface area (Å²) in [4.78, 5) is 14.6. The number of rotatable bonds is 4. The van der Waals surface area contributed by atoms with Gasteiger partial charge in [-0.05, 0) is 30.2 Å². The fourth-order valence-electron chi connectivity index (χ4n) is 3.67. The zero-order chi connectivity index (χ0) is 19.0. The Morgan fingerprint density at radius 1 is 1.15 bits per heavy atom. The highest BCUT2D eigenvalue weighted by atomic mass is 32.2. The molecule has 1 atom stereocenters. The Morgan fingerprint density at radius 3 is 2.78 bits per heavy atom. The SMILES string of the molecule is Cn1cc(C2SCCC(=O)N2CCc2ccc(O)c(O)c2)c2ccccc21. The number of fused-ring (bicyclic) bond motifs is 1. The lowest BCUT2D eigenvalue weighted by molar-refractivity contribution is -0.132. The Balaban J connectivity index is 1.62. The lowest BCUT2D eigenvalue weighted by Gasteiger charge is -2.35. The normalized spacial score (nSPS) is 17.6. The molecule has 0 spiro atoms. The molecule has 0 bridgehead atoms. The summed E-state index contributed by atoms with van der Waals surface area (Å²) in [6.45, 7) is 0.573. The minimum atomic E-state index is -0.128. The number of para-hydroxylation sites is 1. The molecule has 5 nitrogen and oxygen atoms in total. The minimum absolute atomic E-state index is 0.0111. The van der Waals surface area contributed by atoms with Crippen LogP contribution in [0, 0.1) is 0 Å². The Morgan fingerprint density at radius 2 is 1.96 bits per heavy atom. The fraction of sp³-hybridized carbons (Fsp3) is 0.286. The van der Waals surface area contributed by atoms with E-state index in [1.807, 2.05) is 24.1 Å². The van der Waals surface area contributed by atoms with Crippen molar-refractivity contribution >= 4 is 28.6 Å². The van der Waals surface area contributed by atoms with Gasteiger partial charge in [0.15, 0.2) is 11.5 Å². The van der Waals surface area contributed by atoms with Crippen LogP contribution in [0.2, 0.25) is 0 Å². The molecule has 1 amide bonds. The number of phenolic OH excluding ortho intramolecular Hbond substituents is 2. The monoisotopic (exact) mass is 382 g/mol. The third kappa shape index (κ3) is 3.37. The molecule has 0 aliphatic carbocycles. The van der Waals surface area contributed by atoms with Gasteiger partial charge in [-0.3, -0.25) is 4.79 Å². The summed E-state index contributed by atoms with van der Waals surface area (Å²) in [6, 6.07) is 13.1. The van der Waals surface area contributed by atoms with Crippen molar-refractivity contribution in [3.63, 3.8) is 0 Å². The van der Waals surface area contributed by atoms with Gasteiger partial charge >= 0.3 is 0 Å². The first kappa shape index (κ1) is 17.8. The van der Waals surface area contributed by atoms with E-state index >= 15 is 0 Å². The van der Waals surface area contributed by atoms with E-state index in [1.165, 1.54) is 17.0 Å². The molecule has 1 aliphatic heterocycles. The predicted molar refractivity (Wildman–Crippen MR) is 108 cm³/mol. The molecular weight excluding hydrogens is 360 g/mol. The van der Waals surface area contributed by atoms with Crippen molar-refractivity contribution in [2.24, 2.45) is 7.05 Å². The van der Waals surface area contributed by atoms with Gasteiger partial charge in [0.1, 0.15) is 5.37 Å². The predicted octanol–water partition coefficient (Wildman–Crippen LogP) is 3.80. The number of thioether (sulfide) groups is 1. The van der Waals surface area contributed by atoms with Gasteiger partial charge in [0, 0.05) is 48.4 Å². The van der Waals surface area contributed by atoms with Gasteiger partial charge in [-0.1, -0.05) is 24.3 Å². The Bertz CT molecular complexity index is 998. The zero-order valence-corrected chi connectivity index (χ0v) is 15.9. The van der Waals surface area contributed by atoms with Gasteiger partial charge in [0.2, 0.25) is 5.91 Å². The average Bonchev–Trinajstić information content (AvgIpc) is 3.00. The maximum absolute atomic E-state index is 12.7. The molecule has 6 heteroatoms. The van der Waals surface area contributed by atoms with E-state index < -0.39 is 0 Å². The molecule has 1 fully saturated rings. The van der Waals surface area contributed by atoms with Crippen LogP contribution in [-0.2, 0) is 18.3 Å². The van der Waals surface area contributed by atoms with Crippen molar-refractivity contribution in [3.8, 4) is 11.5 Å². The summed E-state index contributed by atoms with van der Waals surface area (Å²) >= 11 is 1.80. The molecule has 1 unspecified atom stereocenters. The molecule has 2 heterocycles. The number of hydrogen-bond donors (Lipinski definition) is 2. The van der Waals surface area contributed by atoms with Gasteiger partial charge in [0.05, 0.1) is 0 Å². The molecule has 0 radical (unpaired) electrons. The van der Waals surface area contributed by atoms with Gasteiger partial charge < -0.3 is 19.7 Å². The highest BCUT2D eigenvalue weighted by Crippen LogP contribution is 2.41. The molecule has 2 N–H and O–H groups in total. The second-order valence-corrected chi connectivity index (χ2v) is 8.03. The highest BCUT2D eigenvalue weighted by molar-refractivity contribution is 7.99. The first-order valence-electron chi connectivity index (χ1n) is 9.00. The van der Waals surface area contributed by atoms with E-state index in [4.69, 9.17) is 0 Å². The number of carbonyl (C=O) groups excluding carboxylic acids is 1. The van der Waals surface area contributed by atoms with Crippen LogP contribution in [-0.4, -0.2) is 37.9 Å². The van der Waals surface area contributed by atoms with E-state index in [9.17, 15) is 15.0 Å². The van der Waals surface area contributed by atoms with Crippen molar-refractivity contribution < 1.29 is 15.0 Å². The van der Waals surface area contributed by atoms with E-state index in [0.29, 0.717) is 19.4 Å². The zero-order valence-electron chi connectivity index (χ0n) is 15.1. The lowest BCUT2D eigenvalue weighted by atomic mass is 10.1. The molecule has 1 aliphatic rings. The van der Waals surface area contributed by atoms with Crippen LogP contribution in [0.15, 0.2) is 48.7 Å². The number of hydrogen-bond acceptors (Lipinski definition) is 4. The lowest BCUT2D eigenvalue weighted by Crippen LogP contribution is -2.38. The Hall–Kier alpha value is -2.60. The highest BCUT2D eigenvalue weighted by Gasteiger charge is 2.31. The number of aromatic nitrogens is 1. The number of aryl methyl sites for hydroxylation is 1.